The molecule has 5 nitrogen and oxygen atoms in total. The molecule has 0 bridgehead atoms. The van der Waals surface area contributed by atoms with Gasteiger partial charge >= 0.3 is 0 Å². The zero-order chi connectivity index (χ0) is 19.9. The SMILES string of the molecule is C[C@H]1Cc2cc(C(=O)N(C)Cc3ccc(Cl)c(Cl)c3)ccc2N1S(C)(=O)=O. The van der Waals surface area contributed by atoms with Gasteiger partial charge in [0.1, 0.15) is 0 Å². The lowest BCUT2D eigenvalue weighted by atomic mass is 10.1. The number of sulfonamides is 1. The molecule has 8 heteroatoms. The predicted molar refractivity (Wildman–Crippen MR) is 109 cm³/mol. The number of amides is 1. The number of halogens is 2. The summed E-state index contributed by atoms with van der Waals surface area (Å²) in [5.41, 5.74) is 2.91. The van der Waals surface area contributed by atoms with Gasteiger partial charge in [-0.25, -0.2) is 8.42 Å². The van der Waals surface area contributed by atoms with E-state index >= 15 is 0 Å². The first-order valence-electron chi connectivity index (χ1n) is 8.39. The van der Waals surface area contributed by atoms with Crippen molar-refractivity contribution >= 4 is 44.8 Å². The van der Waals surface area contributed by atoms with Gasteiger partial charge in [-0.3, -0.25) is 9.10 Å². The van der Waals surface area contributed by atoms with Crippen molar-refractivity contribution in [2.45, 2.75) is 25.9 Å². The van der Waals surface area contributed by atoms with Crippen molar-refractivity contribution in [3.05, 3.63) is 63.1 Å². The zero-order valence-corrected chi connectivity index (χ0v) is 17.6. The molecule has 0 N–H and O–H groups in total. The van der Waals surface area contributed by atoms with Gasteiger partial charge in [-0.15, -0.1) is 0 Å². The lowest BCUT2D eigenvalue weighted by Crippen LogP contribution is -2.34. The van der Waals surface area contributed by atoms with Crippen LogP contribution in [0, 0.1) is 0 Å². The highest BCUT2D eigenvalue weighted by atomic mass is 35.5. The van der Waals surface area contributed by atoms with E-state index in [1.54, 1.807) is 42.3 Å². The largest absolute Gasteiger partial charge is 0.337 e. The van der Waals surface area contributed by atoms with Crippen molar-refractivity contribution in [3.63, 3.8) is 0 Å². The maximum atomic E-state index is 12.8. The lowest BCUT2D eigenvalue weighted by molar-refractivity contribution is 0.0785. The van der Waals surface area contributed by atoms with Crippen LogP contribution in [0.3, 0.4) is 0 Å². The number of anilines is 1. The molecule has 1 amide bonds. The van der Waals surface area contributed by atoms with Crippen molar-refractivity contribution < 1.29 is 13.2 Å². The minimum absolute atomic E-state index is 0.144. The Morgan fingerprint density at radius 1 is 1.19 bits per heavy atom. The van der Waals surface area contributed by atoms with Gasteiger partial charge in [-0.2, -0.15) is 0 Å². The van der Waals surface area contributed by atoms with E-state index in [4.69, 9.17) is 23.2 Å². The minimum Gasteiger partial charge on any atom is -0.337 e. The number of nitrogens with zero attached hydrogens (tertiary/aromatic N) is 2. The number of hydrogen-bond acceptors (Lipinski definition) is 3. The summed E-state index contributed by atoms with van der Waals surface area (Å²) in [6.45, 7) is 2.25. The summed E-state index contributed by atoms with van der Waals surface area (Å²) >= 11 is 12.0. The number of hydrogen-bond donors (Lipinski definition) is 0. The maximum Gasteiger partial charge on any atom is 0.253 e. The first-order valence-corrected chi connectivity index (χ1v) is 11.0. The fourth-order valence-corrected chi connectivity index (χ4v) is 5.03. The molecule has 27 heavy (non-hydrogen) atoms. The van der Waals surface area contributed by atoms with Crippen LogP contribution in [-0.4, -0.2) is 38.6 Å². The van der Waals surface area contributed by atoms with E-state index in [0.29, 0.717) is 34.3 Å². The second kappa shape index (κ2) is 7.34. The van der Waals surface area contributed by atoms with Gasteiger partial charge in [-0.1, -0.05) is 29.3 Å². The number of carbonyl (C=O) groups is 1. The molecule has 0 saturated heterocycles. The Balaban J connectivity index is 1.82. The third-order valence-electron chi connectivity index (χ3n) is 4.59. The Morgan fingerprint density at radius 3 is 2.52 bits per heavy atom. The van der Waals surface area contributed by atoms with Crippen LogP contribution < -0.4 is 4.31 Å². The summed E-state index contributed by atoms with van der Waals surface area (Å²) < 4.78 is 25.5. The van der Waals surface area contributed by atoms with Crippen LogP contribution in [0.5, 0.6) is 0 Å². The Labute approximate surface area is 169 Å². The highest BCUT2D eigenvalue weighted by Gasteiger charge is 2.33. The number of fused-ring (bicyclic) bond motifs is 1. The lowest BCUT2D eigenvalue weighted by Gasteiger charge is -2.22. The highest BCUT2D eigenvalue weighted by molar-refractivity contribution is 7.92. The second-order valence-corrected chi connectivity index (χ2v) is 9.54. The normalized spacial score (nSPS) is 16.3. The fraction of sp³-hybridized carbons (Fsp3) is 0.316. The van der Waals surface area contributed by atoms with Crippen molar-refractivity contribution in [2.75, 3.05) is 17.6 Å². The van der Waals surface area contributed by atoms with Crippen LogP contribution in [0.1, 0.15) is 28.4 Å². The fourth-order valence-electron chi connectivity index (χ4n) is 3.45. The van der Waals surface area contributed by atoms with E-state index in [1.165, 1.54) is 10.6 Å². The average molecular weight is 427 g/mol. The highest BCUT2D eigenvalue weighted by Crippen LogP contribution is 2.35. The molecule has 0 aromatic heterocycles. The predicted octanol–water partition coefficient (Wildman–Crippen LogP) is 3.98. The third-order valence-corrected chi connectivity index (χ3v) is 6.60. The first-order chi connectivity index (χ1) is 12.6. The van der Waals surface area contributed by atoms with Crippen LogP contribution in [0.4, 0.5) is 5.69 Å². The Bertz CT molecular complexity index is 1010. The molecular formula is C19H20Cl2N2O3S. The van der Waals surface area contributed by atoms with E-state index in [0.717, 1.165) is 11.1 Å². The molecule has 2 aromatic rings. The quantitative estimate of drug-likeness (QED) is 0.742. The summed E-state index contributed by atoms with van der Waals surface area (Å²) in [5.74, 6) is -0.144. The molecule has 0 spiro atoms. The van der Waals surface area contributed by atoms with Gasteiger partial charge < -0.3 is 4.90 Å². The topological polar surface area (TPSA) is 57.7 Å². The maximum absolute atomic E-state index is 12.8. The van der Waals surface area contributed by atoms with E-state index in [2.05, 4.69) is 0 Å². The molecule has 1 aliphatic rings. The van der Waals surface area contributed by atoms with Gasteiger partial charge in [0.15, 0.2) is 0 Å². The van der Waals surface area contributed by atoms with E-state index in [1.807, 2.05) is 13.0 Å². The van der Waals surface area contributed by atoms with Gasteiger partial charge in [0.25, 0.3) is 5.91 Å². The Morgan fingerprint density at radius 2 is 1.89 bits per heavy atom. The molecule has 1 heterocycles. The second-order valence-electron chi connectivity index (χ2n) is 6.87. The molecule has 0 radical (unpaired) electrons. The zero-order valence-electron chi connectivity index (χ0n) is 15.2. The van der Waals surface area contributed by atoms with Gasteiger partial charge in [0.2, 0.25) is 10.0 Å². The molecule has 0 aliphatic carbocycles. The summed E-state index contributed by atoms with van der Waals surface area (Å²) in [5, 5.41) is 0.917. The average Bonchev–Trinajstić information content (AvgIpc) is 2.92. The van der Waals surface area contributed by atoms with Crippen molar-refractivity contribution in [3.8, 4) is 0 Å². The standard InChI is InChI=1S/C19H20Cl2N2O3S/c1-12-8-15-10-14(5-7-18(15)23(12)27(3,25)26)19(24)22(2)11-13-4-6-16(20)17(21)9-13/h4-7,9-10,12H,8,11H2,1-3H3/t12-/m0/s1. The summed E-state index contributed by atoms with van der Waals surface area (Å²) in [6.07, 6.45) is 1.78. The van der Waals surface area contributed by atoms with Crippen LogP contribution in [0.25, 0.3) is 0 Å². The van der Waals surface area contributed by atoms with Gasteiger partial charge in [0.05, 0.1) is 22.0 Å². The van der Waals surface area contributed by atoms with Crippen molar-refractivity contribution in [1.82, 2.24) is 4.90 Å². The smallest absolute Gasteiger partial charge is 0.253 e. The van der Waals surface area contributed by atoms with E-state index < -0.39 is 10.0 Å². The first kappa shape index (κ1) is 20.0. The van der Waals surface area contributed by atoms with Crippen LogP contribution >= 0.6 is 23.2 Å². The van der Waals surface area contributed by atoms with E-state index in [-0.39, 0.29) is 11.9 Å². The van der Waals surface area contributed by atoms with Crippen molar-refractivity contribution in [2.24, 2.45) is 0 Å². The molecule has 3 rings (SSSR count). The Kier molecular flexibility index (Phi) is 5.43. The van der Waals surface area contributed by atoms with E-state index in [9.17, 15) is 13.2 Å². The number of carbonyl (C=O) groups excluding carboxylic acids is 1. The summed E-state index contributed by atoms with van der Waals surface area (Å²) in [7, 11) is -1.64. The number of benzene rings is 2. The molecule has 0 unspecified atom stereocenters. The summed E-state index contributed by atoms with van der Waals surface area (Å²) in [6, 6.07) is 10.3. The molecule has 1 aliphatic heterocycles. The van der Waals surface area contributed by atoms with Crippen LogP contribution in [0.15, 0.2) is 36.4 Å². The monoisotopic (exact) mass is 426 g/mol. The summed E-state index contributed by atoms with van der Waals surface area (Å²) in [4.78, 5) is 14.4. The van der Waals surface area contributed by atoms with Gasteiger partial charge in [-0.05, 0) is 54.8 Å². The van der Waals surface area contributed by atoms with Gasteiger partial charge in [0, 0.05) is 25.2 Å². The number of rotatable bonds is 4. The molecule has 144 valence electrons. The molecule has 2 aromatic carbocycles. The molecular weight excluding hydrogens is 407 g/mol. The van der Waals surface area contributed by atoms with Crippen molar-refractivity contribution in [1.29, 1.82) is 0 Å². The molecule has 0 saturated carbocycles. The van der Waals surface area contributed by atoms with Crippen LogP contribution in [-0.2, 0) is 23.0 Å². The molecule has 1 atom stereocenters. The Hall–Kier alpha value is -1.76. The molecule has 0 fully saturated rings. The van der Waals surface area contributed by atoms with Crippen LogP contribution in [0.2, 0.25) is 10.0 Å². The minimum atomic E-state index is -3.35. The third kappa shape index (κ3) is 4.08.